The van der Waals surface area contributed by atoms with E-state index in [2.05, 4.69) is 20.6 Å². The number of pyridine rings is 1. The van der Waals surface area contributed by atoms with Crippen LogP contribution in [0.5, 0.6) is 0 Å². The lowest BCUT2D eigenvalue weighted by molar-refractivity contribution is -0.120. The third kappa shape index (κ3) is 3.62. The molecular weight excluding hydrogens is 354 g/mol. The molecular formula is C18H16ClN5O2. The molecule has 3 aromatic rings. The summed E-state index contributed by atoms with van der Waals surface area (Å²) in [6.07, 6.45) is 1.62. The van der Waals surface area contributed by atoms with Crippen molar-refractivity contribution in [3.8, 4) is 11.5 Å². The Hall–Kier alpha value is -3.06. The minimum atomic E-state index is -0.0386. The van der Waals surface area contributed by atoms with Gasteiger partial charge in [-0.1, -0.05) is 17.7 Å². The van der Waals surface area contributed by atoms with Gasteiger partial charge >= 0.3 is 0 Å². The molecule has 2 aromatic heterocycles. The van der Waals surface area contributed by atoms with E-state index >= 15 is 0 Å². The normalized spacial score (nSPS) is 14.2. The number of nitrogens with one attached hydrogen (secondary N) is 2. The Morgan fingerprint density at radius 2 is 2.04 bits per heavy atom. The lowest BCUT2D eigenvalue weighted by Gasteiger charge is -2.24. The average molecular weight is 370 g/mol. The molecule has 1 amide bonds. The van der Waals surface area contributed by atoms with Crippen molar-refractivity contribution >= 4 is 35.0 Å². The minimum Gasteiger partial charge on any atom is -0.422 e. The second-order valence-corrected chi connectivity index (χ2v) is 6.25. The van der Waals surface area contributed by atoms with Gasteiger partial charge in [0, 0.05) is 23.8 Å². The summed E-state index contributed by atoms with van der Waals surface area (Å²) >= 11 is 5.90. The summed E-state index contributed by atoms with van der Waals surface area (Å²) in [5.41, 5.74) is 1.54. The van der Waals surface area contributed by atoms with Gasteiger partial charge in [0.05, 0.1) is 6.20 Å². The van der Waals surface area contributed by atoms with Gasteiger partial charge < -0.3 is 20.0 Å². The number of nitrogens with zero attached hydrogens (tertiary/aromatic N) is 3. The Morgan fingerprint density at radius 3 is 2.85 bits per heavy atom. The van der Waals surface area contributed by atoms with Crippen molar-refractivity contribution < 1.29 is 9.21 Å². The molecule has 132 valence electrons. The van der Waals surface area contributed by atoms with Crippen LogP contribution in [-0.4, -0.2) is 35.5 Å². The highest BCUT2D eigenvalue weighted by atomic mass is 35.5. The molecule has 1 saturated heterocycles. The summed E-state index contributed by atoms with van der Waals surface area (Å²) in [7, 11) is 0. The Bertz CT molecular complexity index is 925. The fourth-order valence-electron chi connectivity index (χ4n) is 2.65. The number of aromatic nitrogens is 2. The number of halogens is 1. The van der Waals surface area contributed by atoms with E-state index in [-0.39, 0.29) is 12.5 Å². The summed E-state index contributed by atoms with van der Waals surface area (Å²) in [5, 5.41) is 6.68. The molecule has 1 aliphatic rings. The van der Waals surface area contributed by atoms with Gasteiger partial charge in [0.1, 0.15) is 18.1 Å². The van der Waals surface area contributed by atoms with Gasteiger partial charge in [-0.3, -0.25) is 4.79 Å². The number of piperazine rings is 1. The molecule has 0 spiro atoms. The summed E-state index contributed by atoms with van der Waals surface area (Å²) in [6.45, 7) is 1.48. The second kappa shape index (κ2) is 7.05. The van der Waals surface area contributed by atoms with Crippen LogP contribution in [-0.2, 0) is 4.79 Å². The second-order valence-electron chi connectivity index (χ2n) is 5.82. The van der Waals surface area contributed by atoms with Gasteiger partial charge in [-0.25, -0.2) is 9.97 Å². The number of carbonyl (C=O) groups excluding carboxylic acids is 1. The van der Waals surface area contributed by atoms with Gasteiger partial charge in [-0.15, -0.1) is 0 Å². The van der Waals surface area contributed by atoms with Crippen LogP contribution in [0.4, 0.5) is 17.5 Å². The summed E-state index contributed by atoms with van der Waals surface area (Å²) < 4.78 is 5.81. The molecule has 2 N–H and O–H groups in total. The van der Waals surface area contributed by atoms with Gasteiger partial charge in [0.2, 0.25) is 5.91 Å². The maximum atomic E-state index is 11.5. The number of hydrogen-bond acceptors (Lipinski definition) is 6. The molecule has 26 heavy (non-hydrogen) atoms. The summed E-state index contributed by atoms with van der Waals surface area (Å²) in [6, 6.07) is 13.4. The molecule has 0 saturated carbocycles. The third-order valence-corrected chi connectivity index (χ3v) is 4.17. The van der Waals surface area contributed by atoms with Gasteiger partial charge in [0.15, 0.2) is 5.76 Å². The fourth-order valence-corrected chi connectivity index (χ4v) is 2.78. The van der Waals surface area contributed by atoms with Crippen LogP contribution in [0.2, 0.25) is 5.02 Å². The van der Waals surface area contributed by atoms with Crippen molar-refractivity contribution in [2.75, 3.05) is 29.9 Å². The molecule has 8 heteroatoms. The van der Waals surface area contributed by atoms with E-state index in [1.165, 1.54) is 0 Å². The number of rotatable bonds is 4. The van der Waals surface area contributed by atoms with Crippen molar-refractivity contribution in [1.29, 1.82) is 0 Å². The number of benzene rings is 1. The molecule has 0 atom stereocenters. The number of carbonyl (C=O) groups is 1. The number of amides is 1. The first-order chi connectivity index (χ1) is 12.7. The number of oxazole rings is 1. The van der Waals surface area contributed by atoms with E-state index in [1.54, 1.807) is 11.1 Å². The van der Waals surface area contributed by atoms with Crippen molar-refractivity contribution in [3.63, 3.8) is 0 Å². The number of hydrogen-bond donors (Lipinski definition) is 2. The highest BCUT2D eigenvalue weighted by Crippen LogP contribution is 2.25. The monoisotopic (exact) mass is 369 g/mol. The Kier molecular flexibility index (Phi) is 4.45. The first kappa shape index (κ1) is 16.4. The van der Waals surface area contributed by atoms with Gasteiger partial charge in [-0.2, -0.15) is 0 Å². The molecule has 7 nitrogen and oxygen atoms in total. The first-order valence-corrected chi connectivity index (χ1v) is 8.53. The SMILES string of the molecule is O=C1CN(c2ncc(-c3cccc(Nc4ccc(Cl)cc4)n3)o2)CCN1. The van der Waals surface area contributed by atoms with E-state index < -0.39 is 0 Å². The highest BCUT2D eigenvalue weighted by Gasteiger charge is 2.21. The van der Waals surface area contributed by atoms with E-state index in [0.29, 0.717) is 41.4 Å². The van der Waals surface area contributed by atoms with Crippen LogP contribution < -0.4 is 15.5 Å². The molecule has 1 fully saturated rings. The Labute approximate surface area is 155 Å². The Morgan fingerprint density at radius 1 is 1.19 bits per heavy atom. The molecule has 1 aliphatic heterocycles. The zero-order valence-corrected chi connectivity index (χ0v) is 14.5. The molecule has 1 aromatic carbocycles. The quantitative estimate of drug-likeness (QED) is 0.735. The predicted molar refractivity (Wildman–Crippen MR) is 99.7 cm³/mol. The average Bonchev–Trinajstić information content (AvgIpc) is 3.14. The molecule has 0 bridgehead atoms. The van der Waals surface area contributed by atoms with Gasteiger partial charge in [-0.05, 0) is 36.4 Å². The van der Waals surface area contributed by atoms with Crippen molar-refractivity contribution in [1.82, 2.24) is 15.3 Å². The standard InChI is InChI=1S/C18H16ClN5O2/c19-12-4-6-13(7-5-12)22-16-3-1-2-14(23-16)15-10-21-18(26-15)24-9-8-20-17(25)11-24/h1-7,10H,8-9,11H2,(H,20,25)(H,22,23). The van der Waals surface area contributed by atoms with E-state index in [9.17, 15) is 4.79 Å². The molecule has 3 heterocycles. The van der Waals surface area contributed by atoms with Crippen LogP contribution in [0.3, 0.4) is 0 Å². The van der Waals surface area contributed by atoms with Crippen molar-refractivity contribution in [2.24, 2.45) is 0 Å². The lowest BCUT2D eigenvalue weighted by atomic mass is 10.3. The van der Waals surface area contributed by atoms with E-state index in [4.69, 9.17) is 16.0 Å². The van der Waals surface area contributed by atoms with Crippen LogP contribution >= 0.6 is 11.6 Å². The first-order valence-electron chi connectivity index (χ1n) is 8.15. The third-order valence-electron chi connectivity index (χ3n) is 3.92. The highest BCUT2D eigenvalue weighted by molar-refractivity contribution is 6.30. The zero-order chi connectivity index (χ0) is 17.9. The van der Waals surface area contributed by atoms with Crippen molar-refractivity contribution in [3.05, 3.63) is 53.7 Å². The van der Waals surface area contributed by atoms with E-state index in [0.717, 1.165) is 5.69 Å². The van der Waals surface area contributed by atoms with Crippen molar-refractivity contribution in [2.45, 2.75) is 0 Å². The summed E-state index contributed by atoms with van der Waals surface area (Å²) in [4.78, 5) is 22.2. The predicted octanol–water partition coefficient (Wildman–Crippen LogP) is 3.07. The van der Waals surface area contributed by atoms with Crippen LogP contribution in [0, 0.1) is 0 Å². The lowest BCUT2D eigenvalue weighted by Crippen LogP contribution is -2.47. The van der Waals surface area contributed by atoms with E-state index in [1.807, 2.05) is 42.5 Å². The van der Waals surface area contributed by atoms with Crippen LogP contribution in [0.1, 0.15) is 0 Å². The molecule has 4 rings (SSSR count). The maximum Gasteiger partial charge on any atom is 0.298 e. The van der Waals surface area contributed by atoms with Crippen LogP contribution in [0.15, 0.2) is 53.1 Å². The smallest absolute Gasteiger partial charge is 0.298 e. The maximum absolute atomic E-state index is 11.5. The molecule has 0 radical (unpaired) electrons. The largest absolute Gasteiger partial charge is 0.422 e. The number of anilines is 3. The minimum absolute atomic E-state index is 0.0386. The van der Waals surface area contributed by atoms with Crippen LogP contribution in [0.25, 0.3) is 11.5 Å². The molecule has 0 unspecified atom stereocenters. The molecule has 0 aliphatic carbocycles. The fraction of sp³-hybridized carbons (Fsp3) is 0.167. The topological polar surface area (TPSA) is 83.3 Å². The summed E-state index contributed by atoms with van der Waals surface area (Å²) in [5.74, 6) is 1.19. The Balaban J connectivity index is 1.53. The zero-order valence-electron chi connectivity index (χ0n) is 13.8. The van der Waals surface area contributed by atoms with Gasteiger partial charge in [0.25, 0.3) is 6.01 Å².